The van der Waals surface area contributed by atoms with Gasteiger partial charge in [0.25, 0.3) is 0 Å². The average Bonchev–Trinajstić information content (AvgIpc) is 3.07. The Labute approximate surface area is 288 Å². The molecular weight excluding hydrogens is 712 g/mol. The summed E-state index contributed by atoms with van der Waals surface area (Å²) < 4.78 is 0. The van der Waals surface area contributed by atoms with Gasteiger partial charge >= 0.3 is 0 Å². The smallest absolute Gasteiger partial charge is 0.150 e. The van der Waals surface area contributed by atoms with Crippen LogP contribution in [0.2, 0.25) is 0 Å². The molecule has 0 N–H and O–H groups in total. The van der Waals surface area contributed by atoms with Gasteiger partial charge in [0.15, 0.2) is 0 Å². The number of halogens is 2. The normalized spacial score (nSPS) is 12.8. The molecule has 2 aliphatic heterocycles. The van der Waals surface area contributed by atoms with E-state index in [1.165, 1.54) is 93.7 Å². The van der Waals surface area contributed by atoms with Crippen LogP contribution in [0.4, 0.5) is 22.7 Å². The molecule has 3 nitrogen and oxygen atoms in total. The zero-order chi connectivity index (χ0) is 30.6. The first-order valence-electron chi connectivity index (χ1n) is 15.6. The van der Waals surface area contributed by atoms with E-state index in [1.54, 1.807) is 11.8 Å². The Hall–Kier alpha value is -2.19. The number of fused-ring (bicyclic) bond motifs is 4. The minimum absolute atomic E-state index is 0.743. The predicted octanol–water partition coefficient (Wildman–Crippen LogP) is 12.3. The van der Waals surface area contributed by atoms with Crippen molar-refractivity contribution in [2.75, 3.05) is 33.5 Å². The van der Waals surface area contributed by atoms with Crippen LogP contribution in [0.3, 0.4) is 0 Å². The highest BCUT2D eigenvalue weighted by Gasteiger charge is 2.23. The Morgan fingerprint density at radius 2 is 0.909 bits per heavy atom. The third-order valence-electron chi connectivity index (χ3n) is 7.85. The summed E-state index contributed by atoms with van der Waals surface area (Å²) in [6.45, 7) is 2.13. The van der Waals surface area contributed by atoms with Crippen LogP contribution in [-0.2, 0) is 0 Å². The molecule has 4 aromatic rings. The van der Waals surface area contributed by atoms with Gasteiger partial charge in [-0.05, 0) is 80.3 Å². The van der Waals surface area contributed by atoms with Crippen molar-refractivity contribution in [3.8, 4) is 0 Å². The van der Waals surface area contributed by atoms with Crippen LogP contribution in [0.5, 0.6) is 0 Å². The van der Waals surface area contributed by atoms with Crippen LogP contribution in [0.15, 0.2) is 111 Å². The van der Waals surface area contributed by atoms with Crippen LogP contribution >= 0.6 is 55.4 Å². The number of hydrogen-bond acceptors (Lipinski definition) is 5. The summed E-state index contributed by atoms with van der Waals surface area (Å²) in [5.41, 5.74) is 5.97. The molecule has 4 aromatic carbocycles. The molecule has 7 heteroatoms. The molecule has 230 valence electrons. The minimum atomic E-state index is 0.743. The van der Waals surface area contributed by atoms with Crippen LogP contribution in [0.25, 0.3) is 0 Å². The molecule has 0 radical (unpaired) electrons. The summed E-state index contributed by atoms with van der Waals surface area (Å²) in [6, 6.07) is 32.0. The standard InChI is InChI=1S/C19H20BrNOS.C18H20BrNS/c20-11-5-1-2-6-12-21-16-7-3-4-8-18(16)23-19-13-15(14-22)9-10-17(19)21;19-13-7-1-2-8-14-20-15-9-3-5-11-17(15)21-18-12-6-4-10-16(18)20/h3-4,7-10,13-14H,1-2,5-6,11-12H2;3-6,9-12H,1-2,7-8,13-14H2. The Morgan fingerprint density at radius 3 is 1.36 bits per heavy atom. The van der Waals surface area contributed by atoms with Gasteiger partial charge in [-0.1, -0.05) is 117 Å². The lowest BCUT2D eigenvalue weighted by molar-refractivity contribution is 0.112. The molecule has 0 unspecified atom stereocenters. The molecule has 0 fully saturated rings. The van der Waals surface area contributed by atoms with Gasteiger partial charge in [-0.2, -0.15) is 0 Å². The Kier molecular flexibility index (Phi) is 13.2. The first-order chi connectivity index (χ1) is 21.7. The van der Waals surface area contributed by atoms with Crippen molar-refractivity contribution in [2.45, 2.75) is 70.9 Å². The molecule has 44 heavy (non-hydrogen) atoms. The molecule has 0 amide bonds. The maximum absolute atomic E-state index is 11.1. The molecule has 0 atom stereocenters. The third-order valence-corrected chi connectivity index (χ3v) is 11.2. The van der Waals surface area contributed by atoms with Crippen LogP contribution in [0, 0.1) is 0 Å². The van der Waals surface area contributed by atoms with Crippen molar-refractivity contribution in [1.29, 1.82) is 0 Å². The third kappa shape index (κ3) is 8.54. The number of carbonyl (C=O) groups excluding carboxylic acids is 1. The molecule has 2 aliphatic rings. The van der Waals surface area contributed by atoms with Gasteiger partial charge in [-0.25, -0.2) is 0 Å². The average molecular weight is 753 g/mol. The fourth-order valence-corrected chi connectivity index (χ4v) is 8.66. The van der Waals surface area contributed by atoms with Crippen LogP contribution in [-0.4, -0.2) is 30.0 Å². The Balaban J connectivity index is 0.000000175. The number of anilines is 4. The number of rotatable bonds is 13. The van der Waals surface area contributed by atoms with Gasteiger partial charge in [-0.3, -0.25) is 4.79 Å². The highest BCUT2D eigenvalue weighted by Crippen LogP contribution is 2.49. The number of carbonyl (C=O) groups is 1. The van der Waals surface area contributed by atoms with Gasteiger partial charge in [-0.15, -0.1) is 0 Å². The zero-order valence-electron chi connectivity index (χ0n) is 25.1. The minimum Gasteiger partial charge on any atom is -0.340 e. The first kappa shape index (κ1) is 33.2. The summed E-state index contributed by atoms with van der Waals surface area (Å²) in [4.78, 5) is 21.2. The Morgan fingerprint density at radius 1 is 0.500 bits per heavy atom. The lowest BCUT2D eigenvalue weighted by Gasteiger charge is -2.33. The molecule has 0 spiro atoms. The van der Waals surface area contributed by atoms with Gasteiger partial charge < -0.3 is 9.80 Å². The summed E-state index contributed by atoms with van der Waals surface area (Å²) in [5, 5.41) is 2.21. The summed E-state index contributed by atoms with van der Waals surface area (Å²) in [7, 11) is 0. The maximum Gasteiger partial charge on any atom is 0.150 e. The number of nitrogens with zero attached hydrogens (tertiary/aromatic N) is 2. The van der Waals surface area contributed by atoms with E-state index in [1.807, 2.05) is 23.9 Å². The quantitative estimate of drug-likeness (QED) is 0.0769. The lowest BCUT2D eigenvalue weighted by atomic mass is 10.1. The van der Waals surface area contributed by atoms with Crippen LogP contribution < -0.4 is 9.80 Å². The molecule has 2 heterocycles. The van der Waals surface area contributed by atoms with Crippen molar-refractivity contribution >= 4 is 84.4 Å². The summed E-state index contributed by atoms with van der Waals surface area (Å²) >= 11 is 10.6. The van der Waals surface area contributed by atoms with Crippen LogP contribution in [0.1, 0.15) is 61.7 Å². The van der Waals surface area contributed by atoms with E-state index in [9.17, 15) is 4.79 Å². The van der Waals surface area contributed by atoms with E-state index in [0.29, 0.717) is 0 Å². The molecule has 0 bridgehead atoms. The van der Waals surface area contributed by atoms with Crippen molar-refractivity contribution in [1.82, 2.24) is 0 Å². The fourth-order valence-electron chi connectivity index (χ4n) is 5.62. The van der Waals surface area contributed by atoms with E-state index < -0.39 is 0 Å². The fraction of sp³-hybridized carbons (Fsp3) is 0.324. The number of unbranched alkanes of at least 4 members (excludes halogenated alkanes) is 6. The second-order valence-corrected chi connectivity index (χ2v) is 14.7. The van der Waals surface area contributed by atoms with E-state index in [-0.39, 0.29) is 0 Å². The van der Waals surface area contributed by atoms with Gasteiger partial charge in [0.1, 0.15) is 6.29 Å². The van der Waals surface area contributed by atoms with Gasteiger partial charge in [0.2, 0.25) is 0 Å². The maximum atomic E-state index is 11.1. The molecule has 0 saturated heterocycles. The highest BCUT2D eigenvalue weighted by atomic mass is 79.9. The van der Waals surface area contributed by atoms with E-state index in [0.717, 1.165) is 35.6 Å². The monoisotopic (exact) mass is 750 g/mol. The topological polar surface area (TPSA) is 23.6 Å². The van der Waals surface area contributed by atoms with Gasteiger partial charge in [0, 0.05) is 48.9 Å². The predicted molar refractivity (Wildman–Crippen MR) is 198 cm³/mol. The zero-order valence-corrected chi connectivity index (χ0v) is 29.9. The lowest BCUT2D eigenvalue weighted by Crippen LogP contribution is -2.22. The summed E-state index contributed by atoms with van der Waals surface area (Å²) in [6.07, 6.45) is 11.0. The van der Waals surface area contributed by atoms with Crippen molar-refractivity contribution < 1.29 is 4.79 Å². The molecule has 0 saturated carbocycles. The van der Waals surface area contributed by atoms with Gasteiger partial charge in [0.05, 0.1) is 22.7 Å². The second-order valence-electron chi connectivity index (χ2n) is 11.0. The van der Waals surface area contributed by atoms with Crippen molar-refractivity contribution in [3.05, 3.63) is 96.6 Å². The number of alkyl halides is 2. The van der Waals surface area contributed by atoms with E-state index in [4.69, 9.17) is 0 Å². The number of hydrogen-bond donors (Lipinski definition) is 0. The summed E-state index contributed by atoms with van der Waals surface area (Å²) in [5.74, 6) is 0. The van der Waals surface area contributed by atoms with Crippen molar-refractivity contribution in [2.24, 2.45) is 0 Å². The highest BCUT2D eigenvalue weighted by molar-refractivity contribution is 9.09. The number of aldehydes is 1. The number of para-hydroxylation sites is 3. The SMILES string of the molecule is BrCCCCCCN1c2ccccc2Sc2ccccc21.O=Cc1ccc2c(c1)Sc1ccccc1N2CCCCCCBr. The molecule has 0 aliphatic carbocycles. The number of benzene rings is 4. The largest absolute Gasteiger partial charge is 0.340 e. The van der Waals surface area contributed by atoms with Crippen molar-refractivity contribution in [3.63, 3.8) is 0 Å². The molecular formula is C37H40Br2N2OS2. The molecule has 6 rings (SSSR count). The first-order valence-corrected chi connectivity index (χ1v) is 19.5. The molecule has 0 aromatic heterocycles. The van der Waals surface area contributed by atoms with E-state index in [2.05, 4.69) is 121 Å². The van der Waals surface area contributed by atoms with E-state index >= 15 is 0 Å². The second kappa shape index (κ2) is 17.5. The Bertz CT molecular complexity index is 1470.